The molecule has 5 heteroatoms. The highest BCUT2D eigenvalue weighted by molar-refractivity contribution is 6.23. The Labute approximate surface area is 368 Å². The predicted octanol–water partition coefficient (Wildman–Crippen LogP) is 15.0. The molecule has 0 fully saturated rings. The summed E-state index contributed by atoms with van der Waals surface area (Å²) in [5.74, 6) is 1.88. The van der Waals surface area contributed by atoms with Crippen molar-refractivity contribution in [3.8, 4) is 56.7 Å². The maximum absolute atomic E-state index is 5.29. The zero-order valence-corrected chi connectivity index (χ0v) is 34.6. The van der Waals surface area contributed by atoms with E-state index in [1.807, 2.05) is 18.2 Å². The van der Waals surface area contributed by atoms with Crippen LogP contribution in [0.25, 0.3) is 122 Å². The van der Waals surface area contributed by atoms with Crippen molar-refractivity contribution in [3.63, 3.8) is 0 Å². The fourth-order valence-corrected chi connectivity index (χ4v) is 9.79. The highest BCUT2D eigenvalue weighted by Crippen LogP contribution is 2.41. The van der Waals surface area contributed by atoms with Gasteiger partial charge in [-0.15, -0.1) is 0 Å². The van der Waals surface area contributed by atoms with Gasteiger partial charge < -0.3 is 9.13 Å². The summed E-state index contributed by atoms with van der Waals surface area (Å²) in [6.07, 6.45) is 0. The van der Waals surface area contributed by atoms with Crippen molar-refractivity contribution < 1.29 is 0 Å². The number of para-hydroxylation sites is 2. The number of fused-ring (bicyclic) bond motifs is 9. The SMILES string of the molecule is c1ccc(-c2nc(-c3cccc(-c4ccc(-n5c6cc7ccccc7cc6c6c7ccccc7ccc65)cc4)c3)nc(-c3cccc4c3c3ccccc3n4-c3ccccc3)n2)cc1. The third kappa shape index (κ3) is 5.75. The van der Waals surface area contributed by atoms with E-state index in [0.29, 0.717) is 17.5 Å². The Morgan fingerprint density at radius 2 is 0.828 bits per heavy atom. The van der Waals surface area contributed by atoms with Gasteiger partial charge in [0, 0.05) is 49.6 Å². The summed E-state index contributed by atoms with van der Waals surface area (Å²) in [4.78, 5) is 15.6. The van der Waals surface area contributed by atoms with Crippen LogP contribution in [0.4, 0.5) is 0 Å². The molecular weight excluding hydrogens is 779 g/mol. The molecule has 0 aliphatic rings. The van der Waals surface area contributed by atoms with Crippen molar-refractivity contribution in [2.75, 3.05) is 0 Å². The lowest BCUT2D eigenvalue weighted by atomic mass is 10.0. The summed E-state index contributed by atoms with van der Waals surface area (Å²) in [5.41, 5.74) is 11.8. The number of aromatic nitrogens is 5. The minimum Gasteiger partial charge on any atom is -0.309 e. The first-order valence-corrected chi connectivity index (χ1v) is 21.7. The number of rotatable bonds is 6. The highest BCUT2D eigenvalue weighted by Gasteiger charge is 2.20. The van der Waals surface area contributed by atoms with E-state index in [1.165, 1.54) is 43.4 Å². The van der Waals surface area contributed by atoms with E-state index < -0.39 is 0 Å². The monoisotopic (exact) mass is 815 g/mol. The van der Waals surface area contributed by atoms with Crippen LogP contribution in [0, 0.1) is 0 Å². The van der Waals surface area contributed by atoms with Crippen molar-refractivity contribution in [2.24, 2.45) is 0 Å². The molecule has 0 aliphatic heterocycles. The summed E-state index contributed by atoms with van der Waals surface area (Å²) in [5, 5.41) is 9.76. The molecule has 3 aromatic heterocycles. The Kier molecular flexibility index (Phi) is 8.15. The standard InChI is InChI=1S/C59H37N5/c1-3-16-40(17-4-1)57-60-58(62-59(61-57)49-26-14-28-52-56(49)48-25-11-12-27-51(48)63(52)45-22-5-2-6-23-45)44-21-13-20-41(35-44)38-29-32-46(33-30-38)64-53-34-31-39-15-9-10-24-47(39)55(53)50-36-42-18-7-8-19-43(42)37-54(50)64/h1-37H. The third-order valence-corrected chi connectivity index (χ3v) is 12.7. The maximum atomic E-state index is 5.29. The van der Waals surface area contributed by atoms with Crippen molar-refractivity contribution >= 4 is 65.2 Å². The van der Waals surface area contributed by atoms with E-state index in [9.17, 15) is 0 Å². The highest BCUT2D eigenvalue weighted by atomic mass is 15.0. The second kappa shape index (κ2) is 14.5. The molecule has 5 nitrogen and oxygen atoms in total. The van der Waals surface area contributed by atoms with Gasteiger partial charge in [0.1, 0.15) is 0 Å². The average Bonchev–Trinajstić information content (AvgIpc) is 3.89. The number of nitrogens with zero attached hydrogens (tertiary/aromatic N) is 5. The predicted molar refractivity (Wildman–Crippen MR) is 265 cm³/mol. The van der Waals surface area contributed by atoms with Gasteiger partial charge in [0.05, 0.1) is 22.1 Å². The summed E-state index contributed by atoms with van der Waals surface area (Å²) < 4.78 is 4.74. The second-order valence-electron chi connectivity index (χ2n) is 16.4. The number of hydrogen-bond donors (Lipinski definition) is 0. The number of benzene rings is 10. The quantitative estimate of drug-likeness (QED) is 0.168. The molecule has 64 heavy (non-hydrogen) atoms. The van der Waals surface area contributed by atoms with E-state index in [0.717, 1.165) is 61.0 Å². The average molecular weight is 816 g/mol. The molecule has 13 aromatic rings. The minimum atomic E-state index is 0.621. The summed E-state index contributed by atoms with van der Waals surface area (Å²) in [7, 11) is 0. The van der Waals surface area contributed by atoms with Gasteiger partial charge in [-0.3, -0.25) is 0 Å². The summed E-state index contributed by atoms with van der Waals surface area (Å²) >= 11 is 0. The Morgan fingerprint density at radius 3 is 1.64 bits per heavy atom. The Bertz CT molecular complexity index is 3940. The molecule has 0 N–H and O–H groups in total. The van der Waals surface area contributed by atoms with Crippen LogP contribution in [0.2, 0.25) is 0 Å². The van der Waals surface area contributed by atoms with Crippen LogP contribution in [0.5, 0.6) is 0 Å². The molecule has 10 aromatic carbocycles. The molecule has 0 amide bonds. The van der Waals surface area contributed by atoms with E-state index >= 15 is 0 Å². The Morgan fingerprint density at radius 1 is 0.266 bits per heavy atom. The van der Waals surface area contributed by atoms with Crippen molar-refractivity contribution in [2.45, 2.75) is 0 Å². The molecule has 0 atom stereocenters. The summed E-state index contributed by atoms with van der Waals surface area (Å²) in [6, 6.07) is 79.8. The summed E-state index contributed by atoms with van der Waals surface area (Å²) in [6.45, 7) is 0. The number of hydrogen-bond acceptors (Lipinski definition) is 3. The first kappa shape index (κ1) is 36.0. The molecule has 0 aliphatic carbocycles. The van der Waals surface area contributed by atoms with Gasteiger partial charge >= 0.3 is 0 Å². The molecule has 0 radical (unpaired) electrons. The van der Waals surface area contributed by atoms with E-state index in [-0.39, 0.29) is 0 Å². The zero-order chi connectivity index (χ0) is 42.1. The van der Waals surface area contributed by atoms with Crippen LogP contribution >= 0.6 is 0 Å². The lowest BCUT2D eigenvalue weighted by Crippen LogP contribution is -2.00. The fourth-order valence-electron chi connectivity index (χ4n) is 9.79. The lowest BCUT2D eigenvalue weighted by molar-refractivity contribution is 1.08. The van der Waals surface area contributed by atoms with Gasteiger partial charge in [0.25, 0.3) is 0 Å². The van der Waals surface area contributed by atoms with Crippen molar-refractivity contribution in [1.82, 2.24) is 24.1 Å². The van der Waals surface area contributed by atoms with Crippen molar-refractivity contribution in [3.05, 3.63) is 224 Å². The van der Waals surface area contributed by atoms with Crippen molar-refractivity contribution in [1.29, 1.82) is 0 Å². The van der Waals surface area contributed by atoms with Gasteiger partial charge in [-0.05, 0) is 93.3 Å². The molecule has 0 bridgehead atoms. The van der Waals surface area contributed by atoms with Crippen LogP contribution in [0.3, 0.4) is 0 Å². The van der Waals surface area contributed by atoms with E-state index in [1.54, 1.807) is 0 Å². The zero-order valence-electron chi connectivity index (χ0n) is 34.6. The van der Waals surface area contributed by atoms with Crippen LogP contribution in [-0.2, 0) is 0 Å². The van der Waals surface area contributed by atoms with Crippen LogP contribution in [0.15, 0.2) is 224 Å². The maximum Gasteiger partial charge on any atom is 0.164 e. The first-order chi connectivity index (χ1) is 31.7. The fraction of sp³-hybridized carbons (Fsp3) is 0. The van der Waals surface area contributed by atoms with Crippen LogP contribution in [0.1, 0.15) is 0 Å². The Hall–Kier alpha value is -8.67. The largest absolute Gasteiger partial charge is 0.309 e. The smallest absolute Gasteiger partial charge is 0.164 e. The van der Waals surface area contributed by atoms with Gasteiger partial charge in [0.15, 0.2) is 17.5 Å². The molecular formula is C59H37N5. The van der Waals surface area contributed by atoms with Gasteiger partial charge in [-0.25, -0.2) is 15.0 Å². The Balaban J connectivity index is 0.943. The second-order valence-corrected chi connectivity index (χ2v) is 16.4. The lowest BCUT2D eigenvalue weighted by Gasteiger charge is -2.12. The van der Waals surface area contributed by atoms with Crippen LogP contribution in [-0.4, -0.2) is 24.1 Å². The normalized spacial score (nSPS) is 11.8. The molecule has 0 unspecified atom stereocenters. The minimum absolute atomic E-state index is 0.621. The molecule has 0 spiro atoms. The molecule has 13 rings (SSSR count). The molecule has 0 saturated heterocycles. The molecule has 3 heterocycles. The van der Waals surface area contributed by atoms with E-state index in [4.69, 9.17) is 15.0 Å². The molecule has 298 valence electrons. The van der Waals surface area contributed by atoms with E-state index in [2.05, 4.69) is 215 Å². The first-order valence-electron chi connectivity index (χ1n) is 21.7. The van der Waals surface area contributed by atoms with Crippen LogP contribution < -0.4 is 0 Å². The third-order valence-electron chi connectivity index (χ3n) is 12.7. The van der Waals surface area contributed by atoms with Gasteiger partial charge in [-0.1, -0.05) is 164 Å². The molecule has 0 saturated carbocycles. The van der Waals surface area contributed by atoms with Gasteiger partial charge in [0.2, 0.25) is 0 Å². The topological polar surface area (TPSA) is 48.5 Å². The van der Waals surface area contributed by atoms with Gasteiger partial charge in [-0.2, -0.15) is 0 Å².